The SMILES string of the molecule is NCCc1cccc(C(=O)NC2CCS(=O)(=O)CC2)c1. The van der Waals surface area contributed by atoms with Gasteiger partial charge in [0, 0.05) is 11.6 Å². The minimum Gasteiger partial charge on any atom is -0.349 e. The molecule has 3 N–H and O–H groups in total. The Bertz CT molecular complexity index is 570. The van der Waals surface area contributed by atoms with Gasteiger partial charge in [-0.05, 0) is 43.5 Å². The van der Waals surface area contributed by atoms with E-state index in [2.05, 4.69) is 5.32 Å². The molecule has 6 heteroatoms. The fourth-order valence-electron chi connectivity index (χ4n) is 2.34. The van der Waals surface area contributed by atoms with Gasteiger partial charge in [-0.3, -0.25) is 4.79 Å². The van der Waals surface area contributed by atoms with Gasteiger partial charge < -0.3 is 11.1 Å². The molecule has 1 aliphatic heterocycles. The summed E-state index contributed by atoms with van der Waals surface area (Å²) in [5.74, 6) is 0.171. The van der Waals surface area contributed by atoms with Crippen molar-refractivity contribution in [2.75, 3.05) is 18.1 Å². The predicted octanol–water partition coefficient (Wildman–Crippen LogP) is 0.495. The van der Waals surface area contributed by atoms with Crippen LogP contribution >= 0.6 is 0 Å². The summed E-state index contributed by atoms with van der Waals surface area (Å²) in [5, 5.41) is 2.91. The van der Waals surface area contributed by atoms with Crippen LogP contribution in [-0.4, -0.2) is 38.4 Å². The lowest BCUT2D eigenvalue weighted by Crippen LogP contribution is -2.40. The van der Waals surface area contributed by atoms with Gasteiger partial charge in [0.25, 0.3) is 5.91 Å². The second kappa shape index (κ2) is 6.37. The fraction of sp³-hybridized carbons (Fsp3) is 0.500. The summed E-state index contributed by atoms with van der Waals surface area (Å²) in [7, 11) is -2.90. The predicted molar refractivity (Wildman–Crippen MR) is 78.3 cm³/mol. The van der Waals surface area contributed by atoms with Crippen LogP contribution < -0.4 is 11.1 Å². The fourth-order valence-corrected chi connectivity index (χ4v) is 3.83. The van der Waals surface area contributed by atoms with Crippen LogP contribution in [0.5, 0.6) is 0 Å². The van der Waals surface area contributed by atoms with Crippen LogP contribution in [0.3, 0.4) is 0 Å². The Kier molecular flexibility index (Phi) is 4.77. The largest absolute Gasteiger partial charge is 0.349 e. The van der Waals surface area contributed by atoms with E-state index in [-0.39, 0.29) is 23.5 Å². The third-order valence-corrected chi connectivity index (χ3v) is 5.23. The number of hydrogen-bond acceptors (Lipinski definition) is 4. The Morgan fingerprint density at radius 3 is 2.65 bits per heavy atom. The summed E-state index contributed by atoms with van der Waals surface area (Å²) in [5.41, 5.74) is 7.14. The van der Waals surface area contributed by atoms with E-state index in [1.807, 2.05) is 18.2 Å². The second-order valence-corrected chi connectivity index (χ2v) is 7.44. The van der Waals surface area contributed by atoms with E-state index in [9.17, 15) is 13.2 Å². The number of carbonyl (C=O) groups is 1. The van der Waals surface area contributed by atoms with Crippen molar-refractivity contribution >= 4 is 15.7 Å². The number of nitrogens with one attached hydrogen (secondary N) is 1. The van der Waals surface area contributed by atoms with Gasteiger partial charge in [0.2, 0.25) is 0 Å². The van der Waals surface area contributed by atoms with Crippen molar-refractivity contribution in [3.8, 4) is 0 Å². The first-order valence-electron chi connectivity index (χ1n) is 6.80. The van der Waals surface area contributed by atoms with Crippen molar-refractivity contribution in [2.24, 2.45) is 5.73 Å². The molecule has 1 aromatic carbocycles. The Morgan fingerprint density at radius 1 is 1.30 bits per heavy atom. The minimum atomic E-state index is -2.90. The number of amides is 1. The Hall–Kier alpha value is -1.40. The smallest absolute Gasteiger partial charge is 0.251 e. The Morgan fingerprint density at radius 2 is 2.00 bits per heavy atom. The zero-order valence-corrected chi connectivity index (χ0v) is 12.2. The highest BCUT2D eigenvalue weighted by Gasteiger charge is 2.24. The van der Waals surface area contributed by atoms with Crippen LogP contribution in [0.25, 0.3) is 0 Å². The first kappa shape index (κ1) is 15.0. The minimum absolute atomic E-state index is 0.0517. The van der Waals surface area contributed by atoms with Gasteiger partial charge in [0.1, 0.15) is 9.84 Å². The molecule has 0 bridgehead atoms. The Labute approximate surface area is 119 Å². The van der Waals surface area contributed by atoms with Gasteiger partial charge in [0.15, 0.2) is 0 Å². The average Bonchev–Trinajstić information content (AvgIpc) is 2.42. The van der Waals surface area contributed by atoms with E-state index in [1.54, 1.807) is 6.07 Å². The lowest BCUT2D eigenvalue weighted by atomic mass is 10.1. The number of benzene rings is 1. The zero-order chi connectivity index (χ0) is 14.6. The van der Waals surface area contributed by atoms with Crippen LogP contribution in [0.15, 0.2) is 24.3 Å². The van der Waals surface area contributed by atoms with Gasteiger partial charge in [-0.15, -0.1) is 0 Å². The first-order valence-corrected chi connectivity index (χ1v) is 8.62. The zero-order valence-electron chi connectivity index (χ0n) is 11.3. The molecular weight excluding hydrogens is 276 g/mol. The lowest BCUT2D eigenvalue weighted by Gasteiger charge is -2.23. The molecule has 2 rings (SSSR count). The van der Waals surface area contributed by atoms with E-state index in [1.165, 1.54) is 0 Å². The van der Waals surface area contributed by atoms with Gasteiger partial charge in [-0.2, -0.15) is 0 Å². The molecule has 0 aliphatic carbocycles. The van der Waals surface area contributed by atoms with Crippen LogP contribution in [0.4, 0.5) is 0 Å². The maximum absolute atomic E-state index is 12.1. The van der Waals surface area contributed by atoms with Crippen molar-refractivity contribution in [1.29, 1.82) is 0 Å². The number of sulfone groups is 1. The molecule has 5 nitrogen and oxygen atoms in total. The molecule has 20 heavy (non-hydrogen) atoms. The normalized spacial score (nSPS) is 18.6. The maximum atomic E-state index is 12.1. The summed E-state index contributed by atoms with van der Waals surface area (Å²) in [6, 6.07) is 7.32. The van der Waals surface area contributed by atoms with Crippen molar-refractivity contribution in [1.82, 2.24) is 5.32 Å². The molecule has 0 radical (unpaired) electrons. The molecule has 1 fully saturated rings. The van der Waals surface area contributed by atoms with Gasteiger partial charge in [0.05, 0.1) is 11.5 Å². The molecule has 0 aromatic heterocycles. The molecule has 0 saturated carbocycles. The van der Waals surface area contributed by atoms with E-state index in [4.69, 9.17) is 5.73 Å². The molecule has 1 aliphatic rings. The van der Waals surface area contributed by atoms with Crippen LogP contribution in [0, 0.1) is 0 Å². The molecule has 0 spiro atoms. The highest BCUT2D eigenvalue weighted by Crippen LogP contribution is 2.13. The highest BCUT2D eigenvalue weighted by molar-refractivity contribution is 7.91. The maximum Gasteiger partial charge on any atom is 0.251 e. The standard InChI is InChI=1S/C14H20N2O3S/c15-7-4-11-2-1-3-12(10-11)14(17)16-13-5-8-20(18,19)9-6-13/h1-3,10,13H,4-9,15H2,(H,16,17). The third kappa shape index (κ3) is 4.05. The number of carbonyl (C=O) groups excluding carboxylic acids is 1. The molecule has 1 aromatic rings. The van der Waals surface area contributed by atoms with Crippen molar-refractivity contribution in [2.45, 2.75) is 25.3 Å². The topological polar surface area (TPSA) is 89.3 Å². The van der Waals surface area contributed by atoms with Crippen LogP contribution in [-0.2, 0) is 16.3 Å². The van der Waals surface area contributed by atoms with Gasteiger partial charge in [-0.1, -0.05) is 12.1 Å². The quantitative estimate of drug-likeness (QED) is 0.846. The van der Waals surface area contributed by atoms with Crippen molar-refractivity contribution in [3.63, 3.8) is 0 Å². The van der Waals surface area contributed by atoms with E-state index in [0.717, 1.165) is 12.0 Å². The summed E-state index contributed by atoms with van der Waals surface area (Å²) < 4.78 is 22.7. The Balaban J connectivity index is 1.96. The molecule has 1 saturated heterocycles. The van der Waals surface area contributed by atoms with Crippen molar-refractivity contribution in [3.05, 3.63) is 35.4 Å². The van der Waals surface area contributed by atoms with Gasteiger partial charge >= 0.3 is 0 Å². The van der Waals surface area contributed by atoms with Crippen molar-refractivity contribution < 1.29 is 13.2 Å². The molecular formula is C14H20N2O3S. The van der Waals surface area contributed by atoms with E-state index < -0.39 is 9.84 Å². The lowest BCUT2D eigenvalue weighted by molar-refractivity contribution is 0.0934. The number of hydrogen-bond donors (Lipinski definition) is 2. The van der Waals surface area contributed by atoms with Crippen LogP contribution in [0.2, 0.25) is 0 Å². The van der Waals surface area contributed by atoms with E-state index in [0.29, 0.717) is 24.9 Å². The third-order valence-electron chi connectivity index (χ3n) is 3.51. The molecule has 0 atom stereocenters. The second-order valence-electron chi connectivity index (χ2n) is 5.14. The summed E-state index contributed by atoms with van der Waals surface area (Å²) in [6.45, 7) is 0.547. The molecule has 1 heterocycles. The summed E-state index contributed by atoms with van der Waals surface area (Å²) in [6.07, 6.45) is 1.73. The molecule has 0 unspecified atom stereocenters. The summed E-state index contributed by atoms with van der Waals surface area (Å²) >= 11 is 0. The highest BCUT2D eigenvalue weighted by atomic mass is 32.2. The molecule has 110 valence electrons. The number of nitrogens with two attached hydrogens (primary N) is 1. The first-order chi connectivity index (χ1) is 9.50. The average molecular weight is 296 g/mol. The van der Waals surface area contributed by atoms with Crippen LogP contribution in [0.1, 0.15) is 28.8 Å². The van der Waals surface area contributed by atoms with Gasteiger partial charge in [-0.25, -0.2) is 8.42 Å². The van der Waals surface area contributed by atoms with E-state index >= 15 is 0 Å². The monoisotopic (exact) mass is 296 g/mol. The number of rotatable bonds is 4. The molecule has 1 amide bonds. The summed E-state index contributed by atoms with van der Waals surface area (Å²) in [4.78, 5) is 12.1.